The Kier molecular flexibility index (Phi) is 4.71. The molecule has 16 heavy (non-hydrogen) atoms. The van der Waals surface area contributed by atoms with Crippen LogP contribution in [-0.2, 0) is 4.79 Å². The largest absolute Gasteiger partial charge is 0.358 e. The first-order valence-electron chi connectivity index (χ1n) is 5.99. The van der Waals surface area contributed by atoms with E-state index in [2.05, 4.69) is 10.6 Å². The zero-order chi connectivity index (χ0) is 12.2. The molecule has 1 aliphatic rings. The van der Waals surface area contributed by atoms with Crippen molar-refractivity contribution in [1.29, 1.82) is 0 Å². The van der Waals surface area contributed by atoms with E-state index >= 15 is 0 Å². The summed E-state index contributed by atoms with van der Waals surface area (Å²) in [4.78, 5) is 11.7. The number of carbonyl (C=O) groups excluding carboxylic acids is 1. The van der Waals surface area contributed by atoms with Crippen LogP contribution in [0.15, 0.2) is 0 Å². The second kappa shape index (κ2) is 5.62. The van der Waals surface area contributed by atoms with Crippen LogP contribution < -0.4 is 10.6 Å². The highest BCUT2D eigenvalue weighted by atomic mass is 32.1. The van der Waals surface area contributed by atoms with Gasteiger partial charge in [0.2, 0.25) is 5.91 Å². The molecule has 4 heteroatoms. The summed E-state index contributed by atoms with van der Waals surface area (Å²) < 4.78 is 0. The molecule has 1 saturated carbocycles. The average Bonchev–Trinajstić information content (AvgIpc) is 2.51. The lowest BCUT2D eigenvalue weighted by Gasteiger charge is -2.22. The molecule has 2 N–H and O–H groups in total. The summed E-state index contributed by atoms with van der Waals surface area (Å²) in [5.74, 6) is 0.617. The van der Waals surface area contributed by atoms with Gasteiger partial charge in [0.1, 0.15) is 0 Å². The molecule has 0 aliphatic heterocycles. The van der Waals surface area contributed by atoms with Crippen molar-refractivity contribution in [3.8, 4) is 0 Å². The molecule has 1 rings (SSSR count). The molecular formula is C12H22N2OS. The van der Waals surface area contributed by atoms with E-state index in [1.165, 1.54) is 25.7 Å². The third-order valence-corrected chi connectivity index (χ3v) is 2.89. The third kappa shape index (κ3) is 5.45. The van der Waals surface area contributed by atoms with E-state index in [-0.39, 0.29) is 11.4 Å². The highest BCUT2D eigenvalue weighted by Gasteiger charge is 2.19. The zero-order valence-electron chi connectivity index (χ0n) is 10.4. The number of rotatable bonds is 2. The minimum atomic E-state index is -0.0995. The van der Waals surface area contributed by atoms with Crippen LogP contribution in [0.2, 0.25) is 0 Å². The number of thiocarbonyl (C=S) groups is 1. The Morgan fingerprint density at radius 2 is 1.88 bits per heavy atom. The van der Waals surface area contributed by atoms with Crippen molar-refractivity contribution in [3.05, 3.63) is 0 Å². The van der Waals surface area contributed by atoms with Crippen molar-refractivity contribution in [2.24, 2.45) is 5.92 Å². The van der Waals surface area contributed by atoms with Crippen LogP contribution in [0.4, 0.5) is 0 Å². The SMILES string of the molecule is CC(C)(C)NC(=S)NC(=O)CC1CCCC1. The fourth-order valence-corrected chi connectivity index (χ4v) is 2.45. The molecule has 0 aromatic rings. The molecule has 0 radical (unpaired) electrons. The standard InChI is InChI=1S/C12H22N2OS/c1-12(2,3)14-11(16)13-10(15)8-9-6-4-5-7-9/h9H,4-8H2,1-3H3,(H2,13,14,15,16). The second-order valence-electron chi connectivity index (χ2n) is 5.61. The van der Waals surface area contributed by atoms with Gasteiger partial charge in [-0.05, 0) is 51.7 Å². The zero-order valence-corrected chi connectivity index (χ0v) is 11.2. The molecule has 0 aromatic heterocycles. The maximum absolute atomic E-state index is 11.7. The van der Waals surface area contributed by atoms with Crippen molar-refractivity contribution in [2.75, 3.05) is 0 Å². The van der Waals surface area contributed by atoms with Crippen molar-refractivity contribution in [3.63, 3.8) is 0 Å². The van der Waals surface area contributed by atoms with Gasteiger partial charge in [0.15, 0.2) is 5.11 Å². The lowest BCUT2D eigenvalue weighted by atomic mass is 10.0. The van der Waals surface area contributed by atoms with Crippen LogP contribution in [0.5, 0.6) is 0 Å². The lowest BCUT2D eigenvalue weighted by molar-refractivity contribution is -0.120. The molecule has 3 nitrogen and oxygen atoms in total. The fraction of sp³-hybridized carbons (Fsp3) is 0.833. The number of carbonyl (C=O) groups is 1. The summed E-state index contributed by atoms with van der Waals surface area (Å²) in [5, 5.41) is 6.26. The Labute approximate surface area is 103 Å². The highest BCUT2D eigenvalue weighted by molar-refractivity contribution is 7.80. The molecule has 0 aromatic carbocycles. The predicted molar refractivity (Wildman–Crippen MR) is 70.2 cm³/mol. The first-order valence-corrected chi connectivity index (χ1v) is 6.39. The smallest absolute Gasteiger partial charge is 0.226 e. The Hall–Kier alpha value is -0.640. The maximum atomic E-state index is 11.7. The Morgan fingerprint density at radius 3 is 2.38 bits per heavy atom. The van der Waals surface area contributed by atoms with E-state index in [0.717, 1.165) is 0 Å². The molecule has 1 aliphatic carbocycles. The van der Waals surface area contributed by atoms with Gasteiger partial charge in [-0.1, -0.05) is 12.8 Å². The maximum Gasteiger partial charge on any atom is 0.226 e. The number of hydrogen-bond acceptors (Lipinski definition) is 2. The molecule has 0 heterocycles. The minimum absolute atomic E-state index is 0.0497. The molecule has 0 unspecified atom stereocenters. The summed E-state index contributed by atoms with van der Waals surface area (Å²) >= 11 is 5.08. The van der Waals surface area contributed by atoms with Crippen molar-refractivity contribution in [2.45, 2.75) is 58.4 Å². The van der Waals surface area contributed by atoms with Gasteiger partial charge >= 0.3 is 0 Å². The summed E-state index contributed by atoms with van der Waals surface area (Å²) in [6, 6.07) is 0. The van der Waals surface area contributed by atoms with Gasteiger partial charge in [-0.15, -0.1) is 0 Å². The number of nitrogens with one attached hydrogen (secondary N) is 2. The summed E-state index contributed by atoms with van der Waals surface area (Å²) in [6.07, 6.45) is 5.52. The van der Waals surface area contributed by atoms with Gasteiger partial charge in [-0.2, -0.15) is 0 Å². The molecule has 92 valence electrons. The van der Waals surface area contributed by atoms with E-state index in [4.69, 9.17) is 12.2 Å². The van der Waals surface area contributed by atoms with Crippen LogP contribution in [0.1, 0.15) is 52.9 Å². The molecule has 0 spiro atoms. The summed E-state index contributed by atoms with van der Waals surface area (Å²) in [7, 11) is 0. The van der Waals surface area contributed by atoms with Crippen LogP contribution >= 0.6 is 12.2 Å². The van der Waals surface area contributed by atoms with Crippen molar-refractivity contribution < 1.29 is 4.79 Å². The number of hydrogen-bond donors (Lipinski definition) is 2. The Bertz CT molecular complexity index is 265. The molecule has 0 bridgehead atoms. The monoisotopic (exact) mass is 242 g/mol. The highest BCUT2D eigenvalue weighted by Crippen LogP contribution is 2.27. The van der Waals surface area contributed by atoms with E-state index in [9.17, 15) is 4.79 Å². The topological polar surface area (TPSA) is 41.1 Å². The predicted octanol–water partition coefficient (Wildman–Crippen LogP) is 2.36. The molecule has 1 fully saturated rings. The van der Waals surface area contributed by atoms with Gasteiger partial charge < -0.3 is 10.6 Å². The van der Waals surface area contributed by atoms with Gasteiger partial charge in [-0.25, -0.2) is 0 Å². The van der Waals surface area contributed by atoms with Gasteiger partial charge in [0.25, 0.3) is 0 Å². The molecule has 0 saturated heterocycles. The third-order valence-electron chi connectivity index (χ3n) is 2.69. The Balaban J connectivity index is 2.25. The van der Waals surface area contributed by atoms with Crippen LogP contribution in [0, 0.1) is 5.92 Å². The van der Waals surface area contributed by atoms with Gasteiger partial charge in [0.05, 0.1) is 0 Å². The summed E-state index contributed by atoms with van der Waals surface area (Å²) in [5.41, 5.74) is -0.0995. The van der Waals surface area contributed by atoms with E-state index < -0.39 is 0 Å². The fourth-order valence-electron chi connectivity index (χ4n) is 2.03. The lowest BCUT2D eigenvalue weighted by Crippen LogP contribution is -2.48. The van der Waals surface area contributed by atoms with Crippen LogP contribution in [0.3, 0.4) is 0 Å². The van der Waals surface area contributed by atoms with Crippen LogP contribution in [0.25, 0.3) is 0 Å². The average molecular weight is 242 g/mol. The van der Waals surface area contributed by atoms with Crippen LogP contribution in [-0.4, -0.2) is 16.6 Å². The van der Waals surface area contributed by atoms with E-state index in [0.29, 0.717) is 17.5 Å². The number of amides is 1. The molecule has 1 amide bonds. The van der Waals surface area contributed by atoms with Crippen molar-refractivity contribution >= 4 is 23.2 Å². The quantitative estimate of drug-likeness (QED) is 0.730. The normalized spacial score (nSPS) is 17.2. The summed E-state index contributed by atoms with van der Waals surface area (Å²) in [6.45, 7) is 6.05. The molecule has 0 atom stereocenters. The van der Waals surface area contributed by atoms with Crippen molar-refractivity contribution in [1.82, 2.24) is 10.6 Å². The first kappa shape index (κ1) is 13.4. The second-order valence-corrected chi connectivity index (χ2v) is 6.02. The first-order chi connectivity index (χ1) is 7.37. The van der Waals surface area contributed by atoms with Gasteiger partial charge in [-0.3, -0.25) is 4.79 Å². The van der Waals surface area contributed by atoms with E-state index in [1.807, 2.05) is 20.8 Å². The Morgan fingerprint density at radius 1 is 1.31 bits per heavy atom. The minimum Gasteiger partial charge on any atom is -0.358 e. The van der Waals surface area contributed by atoms with Gasteiger partial charge in [0, 0.05) is 12.0 Å². The molecular weight excluding hydrogens is 220 g/mol. The van der Waals surface area contributed by atoms with E-state index in [1.54, 1.807) is 0 Å².